The first kappa shape index (κ1) is 27.6. The predicted molar refractivity (Wildman–Crippen MR) is 155 cm³/mol. The molecule has 0 heterocycles. The summed E-state index contributed by atoms with van der Waals surface area (Å²) in [5.74, 6) is 0.565. The van der Waals surface area contributed by atoms with Crippen LogP contribution in [0.25, 0.3) is 0 Å². The summed E-state index contributed by atoms with van der Waals surface area (Å²) in [5, 5.41) is 3.18. The predicted octanol–water partition coefficient (Wildman–Crippen LogP) is 6.78. The van der Waals surface area contributed by atoms with Crippen molar-refractivity contribution in [1.29, 1.82) is 0 Å². The van der Waals surface area contributed by atoms with E-state index in [4.69, 9.17) is 16.3 Å². The van der Waals surface area contributed by atoms with Crippen molar-refractivity contribution in [3.05, 3.63) is 113 Å². The average Bonchev–Trinajstić information content (AvgIpc) is 2.93. The van der Waals surface area contributed by atoms with Crippen LogP contribution in [0.5, 0.6) is 5.75 Å². The molecule has 4 aromatic rings. The molecular formula is C29H27ClN2O4S2. The first-order valence-corrected chi connectivity index (χ1v) is 14.6. The molecule has 1 N–H and O–H groups in total. The number of carbonyl (C=O) groups is 1. The Morgan fingerprint density at radius 1 is 0.947 bits per heavy atom. The Morgan fingerprint density at radius 2 is 1.63 bits per heavy atom. The third-order valence-electron chi connectivity index (χ3n) is 5.74. The van der Waals surface area contributed by atoms with Crippen molar-refractivity contribution in [2.75, 3.05) is 23.3 Å². The molecule has 9 heteroatoms. The van der Waals surface area contributed by atoms with E-state index in [1.165, 1.54) is 30.2 Å². The molecule has 0 radical (unpaired) electrons. The third kappa shape index (κ3) is 6.69. The Balaban J connectivity index is 1.56. The second-order valence-electron chi connectivity index (χ2n) is 8.44. The molecule has 0 unspecified atom stereocenters. The number of ether oxygens (including phenoxy) is 1. The Labute approximate surface area is 232 Å². The van der Waals surface area contributed by atoms with Crippen molar-refractivity contribution in [3.63, 3.8) is 0 Å². The van der Waals surface area contributed by atoms with E-state index in [0.29, 0.717) is 10.7 Å². The highest BCUT2D eigenvalue weighted by Crippen LogP contribution is 2.35. The van der Waals surface area contributed by atoms with Gasteiger partial charge in [-0.15, -0.1) is 11.8 Å². The van der Waals surface area contributed by atoms with Crippen molar-refractivity contribution >= 4 is 50.7 Å². The van der Waals surface area contributed by atoms with Gasteiger partial charge in [-0.2, -0.15) is 0 Å². The molecule has 0 saturated carbocycles. The zero-order chi connectivity index (χ0) is 27.1. The molecular weight excluding hydrogens is 540 g/mol. The Morgan fingerprint density at radius 3 is 2.29 bits per heavy atom. The zero-order valence-corrected chi connectivity index (χ0v) is 23.3. The fraction of sp³-hybridized carbons (Fsp3) is 0.138. The van der Waals surface area contributed by atoms with E-state index in [0.717, 1.165) is 21.2 Å². The van der Waals surface area contributed by atoms with Crippen LogP contribution in [-0.4, -0.2) is 28.0 Å². The molecule has 0 fully saturated rings. The minimum Gasteiger partial charge on any atom is -0.495 e. The zero-order valence-electron chi connectivity index (χ0n) is 20.9. The highest BCUT2D eigenvalue weighted by atomic mass is 35.5. The van der Waals surface area contributed by atoms with Gasteiger partial charge < -0.3 is 10.1 Å². The van der Waals surface area contributed by atoms with E-state index in [2.05, 4.69) is 17.4 Å². The van der Waals surface area contributed by atoms with Gasteiger partial charge in [0.1, 0.15) is 12.3 Å². The number of rotatable bonds is 10. The van der Waals surface area contributed by atoms with Gasteiger partial charge in [-0.1, -0.05) is 60.1 Å². The maximum Gasteiger partial charge on any atom is 0.264 e. The quantitative estimate of drug-likeness (QED) is 0.214. The second kappa shape index (κ2) is 12.4. The summed E-state index contributed by atoms with van der Waals surface area (Å²) >= 11 is 7.93. The number of methoxy groups -OCH3 is 1. The Hall–Kier alpha value is -3.46. The molecule has 0 bridgehead atoms. The number of sulfonamides is 1. The molecule has 38 heavy (non-hydrogen) atoms. The fourth-order valence-electron chi connectivity index (χ4n) is 3.84. The lowest BCUT2D eigenvalue weighted by Gasteiger charge is -2.26. The lowest BCUT2D eigenvalue weighted by atomic mass is 10.1. The minimum atomic E-state index is -4.11. The van der Waals surface area contributed by atoms with Gasteiger partial charge in [0.05, 0.1) is 17.7 Å². The van der Waals surface area contributed by atoms with Crippen LogP contribution < -0.4 is 14.4 Å². The fourth-order valence-corrected chi connectivity index (χ4v) is 6.31. The minimum absolute atomic E-state index is 0.0475. The molecule has 6 nitrogen and oxygen atoms in total. The lowest BCUT2D eigenvalue weighted by Crippen LogP contribution is -2.38. The van der Waals surface area contributed by atoms with Crippen LogP contribution in [-0.2, 0) is 20.6 Å². The third-order valence-corrected chi connectivity index (χ3v) is 8.83. The van der Waals surface area contributed by atoms with Gasteiger partial charge in [-0.05, 0) is 66.6 Å². The van der Waals surface area contributed by atoms with Crippen LogP contribution >= 0.6 is 23.4 Å². The van der Waals surface area contributed by atoms with E-state index in [1.54, 1.807) is 42.1 Å². The monoisotopic (exact) mass is 566 g/mol. The number of anilines is 2. The second-order valence-corrected chi connectivity index (χ2v) is 11.8. The maximum absolute atomic E-state index is 13.6. The van der Waals surface area contributed by atoms with Crippen LogP contribution in [0, 0.1) is 6.92 Å². The summed E-state index contributed by atoms with van der Waals surface area (Å²) in [4.78, 5) is 14.4. The number of carbonyl (C=O) groups excluding carboxylic acids is 1. The highest BCUT2D eigenvalue weighted by molar-refractivity contribution is 7.98. The van der Waals surface area contributed by atoms with E-state index in [9.17, 15) is 13.2 Å². The molecule has 4 rings (SSSR count). The maximum atomic E-state index is 13.6. The molecule has 4 aromatic carbocycles. The number of nitrogens with one attached hydrogen (secondary N) is 1. The summed E-state index contributed by atoms with van der Waals surface area (Å²) in [5.41, 5.74) is 2.77. The number of nitrogens with zero attached hydrogens (tertiary/aromatic N) is 1. The summed E-state index contributed by atoms with van der Waals surface area (Å²) < 4.78 is 33.7. The van der Waals surface area contributed by atoms with E-state index in [-0.39, 0.29) is 16.3 Å². The van der Waals surface area contributed by atoms with Gasteiger partial charge in [0.25, 0.3) is 10.0 Å². The van der Waals surface area contributed by atoms with E-state index >= 15 is 0 Å². The van der Waals surface area contributed by atoms with Gasteiger partial charge in [0, 0.05) is 21.4 Å². The van der Waals surface area contributed by atoms with Gasteiger partial charge in [0.15, 0.2) is 0 Å². The van der Waals surface area contributed by atoms with E-state index in [1.807, 2.05) is 43.3 Å². The van der Waals surface area contributed by atoms with E-state index < -0.39 is 22.5 Å². The Bertz CT molecular complexity index is 1510. The number of amides is 1. The smallest absolute Gasteiger partial charge is 0.264 e. The SMILES string of the molecule is COc1ccc(Cl)cc1N(CC(=O)Nc1ccc(CSc2ccccc2)cc1C)S(=O)(=O)c1ccccc1. The van der Waals surface area contributed by atoms with Gasteiger partial charge in [-0.25, -0.2) is 8.42 Å². The number of thioether (sulfide) groups is 1. The molecule has 0 aliphatic rings. The largest absolute Gasteiger partial charge is 0.495 e. The van der Waals surface area contributed by atoms with Crippen LogP contribution in [0.1, 0.15) is 11.1 Å². The molecule has 0 aliphatic carbocycles. The first-order chi connectivity index (χ1) is 18.3. The summed E-state index contributed by atoms with van der Waals surface area (Å²) in [7, 11) is -2.68. The molecule has 0 spiro atoms. The number of hydrogen-bond donors (Lipinski definition) is 1. The summed E-state index contributed by atoms with van der Waals surface area (Å²) in [6.07, 6.45) is 0. The van der Waals surface area contributed by atoms with Crippen LogP contribution in [0.2, 0.25) is 5.02 Å². The van der Waals surface area contributed by atoms with Gasteiger partial charge in [0.2, 0.25) is 5.91 Å². The first-order valence-electron chi connectivity index (χ1n) is 11.8. The topological polar surface area (TPSA) is 75.7 Å². The van der Waals surface area contributed by atoms with Crippen molar-refractivity contribution < 1.29 is 17.9 Å². The standard InChI is InChI=1S/C29H27ClN2O4S2/c1-21-17-22(20-37-24-9-5-3-6-10-24)13-15-26(21)31-29(33)19-32(27-18-23(30)14-16-28(27)36-2)38(34,35)25-11-7-4-8-12-25/h3-18H,19-20H2,1-2H3,(H,31,33). The molecule has 0 saturated heterocycles. The van der Waals surface area contributed by atoms with Crippen molar-refractivity contribution in [3.8, 4) is 5.75 Å². The normalized spacial score (nSPS) is 11.1. The number of benzene rings is 4. The highest BCUT2D eigenvalue weighted by Gasteiger charge is 2.29. The molecule has 0 atom stereocenters. The lowest BCUT2D eigenvalue weighted by molar-refractivity contribution is -0.114. The van der Waals surface area contributed by atoms with Crippen LogP contribution in [0.4, 0.5) is 11.4 Å². The van der Waals surface area contributed by atoms with Crippen LogP contribution in [0.15, 0.2) is 107 Å². The molecule has 0 aliphatic heterocycles. The van der Waals surface area contributed by atoms with Crippen molar-refractivity contribution in [1.82, 2.24) is 0 Å². The van der Waals surface area contributed by atoms with Gasteiger partial charge >= 0.3 is 0 Å². The van der Waals surface area contributed by atoms with Crippen molar-refractivity contribution in [2.24, 2.45) is 0 Å². The van der Waals surface area contributed by atoms with Crippen molar-refractivity contribution in [2.45, 2.75) is 22.5 Å². The number of aryl methyl sites for hydroxylation is 1. The molecule has 196 valence electrons. The number of hydrogen-bond acceptors (Lipinski definition) is 5. The molecule has 0 aromatic heterocycles. The summed E-state index contributed by atoms with van der Waals surface area (Å²) in [6.45, 7) is 1.43. The van der Waals surface area contributed by atoms with Crippen LogP contribution in [0.3, 0.4) is 0 Å². The average molecular weight is 567 g/mol. The van der Waals surface area contributed by atoms with Gasteiger partial charge in [-0.3, -0.25) is 9.10 Å². The summed E-state index contributed by atoms with van der Waals surface area (Å²) in [6, 6.07) is 28.5. The Kier molecular flexibility index (Phi) is 8.99. The number of halogens is 1. The molecule has 1 amide bonds.